The second-order valence-corrected chi connectivity index (χ2v) is 7.94. The van der Waals surface area contributed by atoms with Gasteiger partial charge in [0.05, 0.1) is 27.9 Å². The van der Waals surface area contributed by atoms with E-state index in [1.165, 1.54) is 31.5 Å². The van der Waals surface area contributed by atoms with Crippen LogP contribution in [0.5, 0.6) is 23.1 Å². The molecule has 0 spiro atoms. The Bertz CT molecular complexity index is 1880. The summed E-state index contributed by atoms with van der Waals surface area (Å²) in [5, 5.41) is -1.04. The van der Waals surface area contributed by atoms with Crippen molar-refractivity contribution in [2.45, 2.75) is 11.9 Å². The van der Waals surface area contributed by atoms with E-state index in [0.717, 1.165) is 7.11 Å². The summed E-state index contributed by atoms with van der Waals surface area (Å²) < 4.78 is 124. The number of rotatable bonds is 8. The standard InChI is InChI=1S/C23H21N5O5S/c1-15-8-9-19(25-14-15)34(29,30)28-22-20(33-18-7-5-4-6-17(18)31-2)23(32-3)27-21(26-22)16-10-12-24-13-11-16/h4-14H,1-3H3,(H,26,27,28)/i3D3,4D,5D,6D,7D,8D,9D,14D. The highest BCUT2D eigenvalue weighted by molar-refractivity contribution is 7.92. The molecule has 174 valence electrons. The van der Waals surface area contributed by atoms with Gasteiger partial charge < -0.3 is 14.2 Å². The van der Waals surface area contributed by atoms with E-state index in [0.29, 0.717) is 0 Å². The number of methoxy groups -OCH3 is 2. The number of sulfonamides is 1. The fourth-order valence-corrected chi connectivity index (χ4v) is 3.38. The molecule has 0 atom stereocenters. The summed E-state index contributed by atoms with van der Waals surface area (Å²) in [6.07, 6.45) is 2.09. The molecule has 11 heteroatoms. The number of nitrogens with one attached hydrogen (secondary N) is 1. The van der Waals surface area contributed by atoms with Gasteiger partial charge in [-0.05, 0) is 42.7 Å². The average molecular weight is 490 g/mol. The van der Waals surface area contributed by atoms with Gasteiger partial charge in [-0.15, -0.1) is 0 Å². The van der Waals surface area contributed by atoms with Crippen molar-refractivity contribution in [2.24, 2.45) is 0 Å². The number of nitrogens with zero attached hydrogens (tertiary/aromatic N) is 4. The lowest BCUT2D eigenvalue weighted by atomic mass is 10.2. The molecule has 0 aliphatic carbocycles. The Hall–Kier alpha value is -4.25. The van der Waals surface area contributed by atoms with Crippen LogP contribution >= 0.6 is 0 Å². The summed E-state index contributed by atoms with van der Waals surface area (Å²) in [5.41, 5.74) is 0.150. The molecule has 4 rings (SSSR count). The fourth-order valence-electron chi connectivity index (χ4n) is 2.54. The highest BCUT2D eigenvalue weighted by atomic mass is 32.2. The first kappa shape index (κ1) is 13.5. The second-order valence-electron chi connectivity index (χ2n) is 6.34. The molecule has 34 heavy (non-hydrogen) atoms. The molecule has 0 aliphatic heterocycles. The van der Waals surface area contributed by atoms with E-state index in [-0.39, 0.29) is 17.0 Å². The first-order valence-electron chi connectivity index (χ1n) is 14.3. The van der Waals surface area contributed by atoms with Crippen LogP contribution in [-0.4, -0.2) is 42.5 Å². The van der Waals surface area contributed by atoms with Crippen molar-refractivity contribution in [3.05, 3.63) is 72.5 Å². The minimum atomic E-state index is -4.98. The van der Waals surface area contributed by atoms with E-state index in [1.807, 2.05) is 4.72 Å². The van der Waals surface area contributed by atoms with Crippen LogP contribution in [0.4, 0.5) is 5.82 Å². The quantitative estimate of drug-likeness (QED) is 0.393. The number of anilines is 1. The number of aromatic nitrogens is 4. The van der Waals surface area contributed by atoms with Crippen molar-refractivity contribution in [3.63, 3.8) is 0 Å². The smallest absolute Gasteiger partial charge is 0.280 e. The van der Waals surface area contributed by atoms with Gasteiger partial charge in [0.1, 0.15) is 0 Å². The molecule has 0 unspecified atom stereocenters. The van der Waals surface area contributed by atoms with Crippen LogP contribution in [0.2, 0.25) is 0 Å². The van der Waals surface area contributed by atoms with Crippen LogP contribution in [0, 0.1) is 6.92 Å². The Balaban J connectivity index is 2.05. The van der Waals surface area contributed by atoms with Gasteiger partial charge in [-0.1, -0.05) is 18.1 Å². The van der Waals surface area contributed by atoms with Crippen molar-refractivity contribution in [3.8, 4) is 34.5 Å². The fraction of sp³-hybridized carbons (Fsp3) is 0.130. The third kappa shape index (κ3) is 4.89. The van der Waals surface area contributed by atoms with E-state index in [1.54, 1.807) is 0 Å². The van der Waals surface area contributed by atoms with Crippen LogP contribution in [0.25, 0.3) is 11.4 Å². The maximum absolute atomic E-state index is 13.5. The van der Waals surface area contributed by atoms with Crippen LogP contribution in [0.3, 0.4) is 0 Å². The Morgan fingerprint density at radius 1 is 1.03 bits per heavy atom. The highest BCUT2D eigenvalue weighted by Crippen LogP contribution is 2.41. The lowest BCUT2D eigenvalue weighted by molar-refractivity contribution is 0.348. The first-order valence-corrected chi connectivity index (χ1v) is 10.8. The van der Waals surface area contributed by atoms with E-state index in [4.69, 9.17) is 27.9 Å². The largest absolute Gasteiger partial charge is 0.493 e. The SMILES string of the molecule is [2H]c1nc(S(=O)(=O)Nc2nc(-c3ccncc3)nc(OC([2H])([2H])[2H])c2Oc2c([2H])c([2H])c([2H])c([2H])c2OC)c([2H])c([2H])c1C. The van der Waals surface area contributed by atoms with Gasteiger partial charge in [0.25, 0.3) is 15.9 Å². The summed E-state index contributed by atoms with van der Waals surface area (Å²) in [7, 11) is -7.11. The molecule has 0 radical (unpaired) electrons. The topological polar surface area (TPSA) is 125 Å². The van der Waals surface area contributed by atoms with Gasteiger partial charge in [-0.2, -0.15) is 13.4 Å². The number of benzene rings is 1. The summed E-state index contributed by atoms with van der Waals surface area (Å²) in [4.78, 5) is 15.7. The Labute approximate surface area is 210 Å². The van der Waals surface area contributed by atoms with E-state index < -0.39 is 93.5 Å². The normalized spacial score (nSPS) is 15.6. The Morgan fingerprint density at radius 2 is 1.79 bits per heavy atom. The van der Waals surface area contributed by atoms with Gasteiger partial charge in [0.2, 0.25) is 5.75 Å². The zero-order valence-corrected chi connectivity index (χ0v) is 18.4. The van der Waals surface area contributed by atoms with Crippen molar-refractivity contribution in [1.82, 2.24) is 19.9 Å². The molecule has 0 aliphatic rings. The molecule has 3 aromatic heterocycles. The van der Waals surface area contributed by atoms with E-state index in [9.17, 15) is 8.42 Å². The number of hydrogen-bond acceptors (Lipinski definition) is 9. The number of pyridine rings is 2. The van der Waals surface area contributed by atoms with Crippen LogP contribution in [0.1, 0.15) is 19.3 Å². The molecule has 1 N–H and O–H groups in total. The van der Waals surface area contributed by atoms with Crippen molar-refractivity contribution in [2.75, 3.05) is 18.9 Å². The maximum atomic E-state index is 13.5. The lowest BCUT2D eigenvalue weighted by Crippen LogP contribution is -2.17. The van der Waals surface area contributed by atoms with Crippen LogP contribution in [-0.2, 0) is 10.0 Å². The van der Waals surface area contributed by atoms with Crippen LogP contribution in [0.15, 0.2) is 72.0 Å². The summed E-state index contributed by atoms with van der Waals surface area (Å²) >= 11 is 0. The predicted molar refractivity (Wildman–Crippen MR) is 125 cm³/mol. The first-order chi connectivity index (χ1) is 20.5. The molecule has 0 saturated heterocycles. The predicted octanol–water partition coefficient (Wildman–Crippen LogP) is 3.85. The van der Waals surface area contributed by atoms with Crippen molar-refractivity contribution < 1.29 is 36.3 Å². The van der Waals surface area contributed by atoms with Crippen molar-refractivity contribution >= 4 is 15.8 Å². The molecule has 0 fully saturated rings. The second kappa shape index (κ2) is 9.71. The molecule has 4 aromatic rings. The third-order valence-electron chi connectivity index (χ3n) is 4.07. The third-order valence-corrected chi connectivity index (χ3v) is 5.23. The minimum Gasteiger partial charge on any atom is -0.493 e. The van der Waals surface area contributed by atoms with Crippen molar-refractivity contribution in [1.29, 1.82) is 0 Å². The van der Waals surface area contributed by atoms with Gasteiger partial charge in [-0.3, -0.25) is 9.71 Å². The number of para-hydroxylation sites is 2. The molecule has 0 amide bonds. The van der Waals surface area contributed by atoms with Gasteiger partial charge >= 0.3 is 0 Å². The average Bonchev–Trinajstić information content (AvgIpc) is 2.96. The zero-order chi connectivity index (χ0) is 32.7. The molecular weight excluding hydrogens is 458 g/mol. The molecule has 10 nitrogen and oxygen atoms in total. The molecule has 1 aromatic carbocycles. The number of ether oxygens (including phenoxy) is 3. The summed E-state index contributed by atoms with van der Waals surface area (Å²) in [5.74, 6) is -4.12. The Morgan fingerprint density at radius 3 is 2.53 bits per heavy atom. The minimum absolute atomic E-state index is 0.0568. The zero-order valence-electron chi connectivity index (χ0n) is 27.5. The Kier molecular flexibility index (Phi) is 3.84. The van der Waals surface area contributed by atoms with Gasteiger partial charge in [0.15, 0.2) is 28.2 Å². The molecule has 0 bridgehead atoms. The molecule has 0 saturated carbocycles. The molecule has 3 heterocycles. The number of hydrogen-bond donors (Lipinski definition) is 1. The molecular formula is C23H21N5O5S. The van der Waals surface area contributed by atoms with Gasteiger partial charge in [0, 0.05) is 24.1 Å². The maximum Gasteiger partial charge on any atom is 0.280 e. The monoisotopic (exact) mass is 489 g/mol. The lowest BCUT2D eigenvalue weighted by Gasteiger charge is -2.17. The highest BCUT2D eigenvalue weighted by Gasteiger charge is 2.25. The van der Waals surface area contributed by atoms with E-state index >= 15 is 0 Å². The van der Waals surface area contributed by atoms with E-state index in [2.05, 4.69) is 19.9 Å². The summed E-state index contributed by atoms with van der Waals surface area (Å²) in [6.45, 7) is 1.31. The van der Waals surface area contributed by atoms with Gasteiger partial charge in [-0.25, -0.2) is 9.97 Å². The van der Waals surface area contributed by atoms with Crippen LogP contribution < -0.4 is 18.9 Å². The summed E-state index contributed by atoms with van der Waals surface area (Å²) in [6, 6.07) is -1.54.